The van der Waals surface area contributed by atoms with Crippen molar-refractivity contribution < 1.29 is 0 Å². The smallest absolute Gasteiger partial charge is 0.0406 e. The minimum atomic E-state index is 0.593. The fourth-order valence-corrected chi connectivity index (χ4v) is 3.26. The van der Waals surface area contributed by atoms with Gasteiger partial charge in [-0.15, -0.1) is 0 Å². The first-order chi connectivity index (χ1) is 8.34. The van der Waals surface area contributed by atoms with Crippen molar-refractivity contribution in [2.24, 2.45) is 0 Å². The van der Waals surface area contributed by atoms with E-state index in [1.165, 1.54) is 37.8 Å². The summed E-state index contributed by atoms with van der Waals surface area (Å²) in [6.07, 6.45) is 9.86. The van der Waals surface area contributed by atoms with E-state index in [1.807, 2.05) is 12.1 Å². The van der Waals surface area contributed by atoms with E-state index in [9.17, 15) is 0 Å². The Balaban J connectivity index is 1.86. The summed E-state index contributed by atoms with van der Waals surface area (Å²) in [6, 6.07) is 9.66. The second-order valence-electron chi connectivity index (χ2n) is 5.02. The molecular formula is C15H18ClN. The molecule has 1 aromatic rings. The summed E-state index contributed by atoms with van der Waals surface area (Å²) in [5.41, 5.74) is 1.43. The molecule has 1 nitrogen and oxygen atoms in total. The van der Waals surface area contributed by atoms with E-state index in [2.05, 4.69) is 29.2 Å². The van der Waals surface area contributed by atoms with Crippen molar-refractivity contribution in [2.45, 2.75) is 37.8 Å². The fourth-order valence-electron chi connectivity index (χ4n) is 3.13. The van der Waals surface area contributed by atoms with Crippen LogP contribution in [0.25, 0.3) is 0 Å². The number of rotatable bonds is 1. The highest BCUT2D eigenvalue weighted by Crippen LogP contribution is 2.36. The number of halogens is 1. The molecule has 0 bridgehead atoms. The van der Waals surface area contributed by atoms with Crippen molar-refractivity contribution in [2.75, 3.05) is 6.54 Å². The van der Waals surface area contributed by atoms with Crippen molar-refractivity contribution in [3.05, 3.63) is 47.0 Å². The summed E-state index contributed by atoms with van der Waals surface area (Å²) in [7, 11) is 0. The molecule has 0 amide bonds. The Hall–Kier alpha value is -0.790. The van der Waals surface area contributed by atoms with Gasteiger partial charge in [0, 0.05) is 23.7 Å². The molecule has 2 atom stereocenters. The largest absolute Gasteiger partial charge is 0.290 e. The van der Waals surface area contributed by atoms with E-state index < -0.39 is 0 Å². The second-order valence-corrected chi connectivity index (χ2v) is 5.46. The van der Waals surface area contributed by atoms with Gasteiger partial charge < -0.3 is 0 Å². The molecule has 1 saturated heterocycles. The molecule has 2 aliphatic rings. The Labute approximate surface area is 108 Å². The lowest BCUT2D eigenvalue weighted by Crippen LogP contribution is -2.42. The number of piperidine rings is 1. The molecule has 0 N–H and O–H groups in total. The Morgan fingerprint density at radius 3 is 2.76 bits per heavy atom. The van der Waals surface area contributed by atoms with Crippen molar-refractivity contribution in [1.29, 1.82) is 0 Å². The van der Waals surface area contributed by atoms with Crippen molar-refractivity contribution in [1.82, 2.24) is 4.90 Å². The highest BCUT2D eigenvalue weighted by molar-refractivity contribution is 6.30. The summed E-state index contributed by atoms with van der Waals surface area (Å²) in [5.74, 6) is 0. The fraction of sp³-hybridized carbons (Fsp3) is 0.467. The SMILES string of the molecule is Clc1ccc([C@@H]2CCC[C@@H]3C=CCCN32)cc1. The summed E-state index contributed by atoms with van der Waals surface area (Å²) in [6.45, 7) is 1.20. The molecule has 0 radical (unpaired) electrons. The molecule has 17 heavy (non-hydrogen) atoms. The number of benzene rings is 1. The minimum absolute atomic E-state index is 0.593. The van der Waals surface area contributed by atoms with Crippen LogP contribution in [0.5, 0.6) is 0 Å². The molecule has 0 aliphatic carbocycles. The van der Waals surface area contributed by atoms with Gasteiger partial charge in [-0.25, -0.2) is 0 Å². The molecule has 0 unspecified atom stereocenters. The normalized spacial score (nSPS) is 29.0. The average Bonchev–Trinajstić information content (AvgIpc) is 2.39. The van der Waals surface area contributed by atoms with Crippen LogP contribution in [-0.4, -0.2) is 17.5 Å². The van der Waals surface area contributed by atoms with Crippen LogP contribution in [0.4, 0.5) is 0 Å². The Bertz CT molecular complexity index is 409. The van der Waals surface area contributed by atoms with E-state index in [0.717, 1.165) is 5.02 Å². The quantitative estimate of drug-likeness (QED) is 0.673. The van der Waals surface area contributed by atoms with Crippen molar-refractivity contribution >= 4 is 11.6 Å². The number of hydrogen-bond acceptors (Lipinski definition) is 1. The molecular weight excluding hydrogens is 230 g/mol. The van der Waals surface area contributed by atoms with Crippen molar-refractivity contribution in [3.63, 3.8) is 0 Å². The van der Waals surface area contributed by atoms with Crippen LogP contribution in [0.15, 0.2) is 36.4 Å². The average molecular weight is 248 g/mol. The highest BCUT2D eigenvalue weighted by atomic mass is 35.5. The molecule has 1 fully saturated rings. The van der Waals surface area contributed by atoms with Gasteiger partial charge in [0.1, 0.15) is 0 Å². The standard InChI is InChI=1S/C15H18ClN/c16-13-9-7-12(8-10-13)15-6-3-5-14-4-1-2-11-17(14)15/h1,4,7-10,14-15H,2-3,5-6,11H2/t14-,15-/m0/s1. The van der Waals surface area contributed by atoms with Gasteiger partial charge in [0.2, 0.25) is 0 Å². The molecule has 1 aromatic carbocycles. The van der Waals surface area contributed by atoms with Crippen LogP contribution in [0.2, 0.25) is 5.02 Å². The van der Waals surface area contributed by atoms with Gasteiger partial charge in [-0.1, -0.05) is 35.9 Å². The van der Waals surface area contributed by atoms with Gasteiger partial charge >= 0.3 is 0 Å². The van der Waals surface area contributed by atoms with Crippen LogP contribution >= 0.6 is 11.6 Å². The zero-order valence-corrected chi connectivity index (χ0v) is 10.7. The number of hydrogen-bond donors (Lipinski definition) is 0. The van der Waals surface area contributed by atoms with E-state index in [4.69, 9.17) is 11.6 Å². The lowest BCUT2D eigenvalue weighted by molar-refractivity contribution is 0.104. The molecule has 2 aliphatic heterocycles. The van der Waals surface area contributed by atoms with Crippen LogP contribution in [0.1, 0.15) is 37.3 Å². The minimum Gasteiger partial charge on any atom is -0.290 e. The van der Waals surface area contributed by atoms with Crippen LogP contribution in [0, 0.1) is 0 Å². The second kappa shape index (κ2) is 4.83. The predicted molar refractivity (Wildman–Crippen MR) is 72.3 cm³/mol. The third kappa shape index (κ3) is 2.27. The molecule has 90 valence electrons. The van der Waals surface area contributed by atoms with E-state index in [1.54, 1.807) is 0 Å². The molecule has 2 heteroatoms. The predicted octanol–water partition coefficient (Wildman–Crippen LogP) is 4.20. The highest BCUT2D eigenvalue weighted by Gasteiger charge is 2.30. The number of nitrogens with zero attached hydrogens (tertiary/aromatic N) is 1. The lowest BCUT2D eigenvalue weighted by atomic mass is 9.89. The van der Waals surface area contributed by atoms with Gasteiger partial charge in [0.15, 0.2) is 0 Å². The molecule has 0 aromatic heterocycles. The van der Waals surface area contributed by atoms with Gasteiger partial charge in [-0.2, -0.15) is 0 Å². The van der Waals surface area contributed by atoms with E-state index >= 15 is 0 Å². The van der Waals surface area contributed by atoms with Gasteiger partial charge in [-0.3, -0.25) is 4.90 Å². The first-order valence-electron chi connectivity index (χ1n) is 6.52. The monoisotopic (exact) mass is 247 g/mol. The van der Waals surface area contributed by atoms with Gasteiger partial charge in [0.25, 0.3) is 0 Å². The van der Waals surface area contributed by atoms with E-state index in [-0.39, 0.29) is 0 Å². The Kier molecular flexibility index (Phi) is 3.21. The third-order valence-electron chi connectivity index (χ3n) is 3.97. The lowest BCUT2D eigenvalue weighted by Gasteiger charge is -2.43. The zero-order valence-electron chi connectivity index (χ0n) is 9.98. The van der Waals surface area contributed by atoms with E-state index in [0.29, 0.717) is 12.1 Å². The topological polar surface area (TPSA) is 3.24 Å². The first-order valence-corrected chi connectivity index (χ1v) is 6.90. The Morgan fingerprint density at radius 2 is 1.94 bits per heavy atom. The molecule has 0 spiro atoms. The van der Waals surface area contributed by atoms with Crippen LogP contribution in [0.3, 0.4) is 0 Å². The molecule has 0 saturated carbocycles. The maximum atomic E-state index is 5.96. The molecule has 3 rings (SSSR count). The number of fused-ring (bicyclic) bond motifs is 1. The van der Waals surface area contributed by atoms with Crippen molar-refractivity contribution in [3.8, 4) is 0 Å². The summed E-state index contributed by atoms with van der Waals surface area (Å²) in [5, 5.41) is 0.833. The maximum absolute atomic E-state index is 5.96. The van der Waals surface area contributed by atoms with Crippen LogP contribution < -0.4 is 0 Å². The summed E-state index contributed by atoms with van der Waals surface area (Å²) < 4.78 is 0. The third-order valence-corrected chi connectivity index (χ3v) is 4.22. The zero-order chi connectivity index (χ0) is 11.7. The Morgan fingerprint density at radius 1 is 1.12 bits per heavy atom. The molecule has 2 heterocycles. The van der Waals surface area contributed by atoms with Crippen LogP contribution in [-0.2, 0) is 0 Å². The van der Waals surface area contributed by atoms with Gasteiger partial charge in [-0.05, 0) is 43.4 Å². The first kappa shape index (κ1) is 11.3. The summed E-state index contributed by atoms with van der Waals surface area (Å²) in [4.78, 5) is 2.66. The van der Waals surface area contributed by atoms with Gasteiger partial charge in [0.05, 0.1) is 0 Å². The maximum Gasteiger partial charge on any atom is 0.0406 e. The summed E-state index contributed by atoms with van der Waals surface area (Å²) >= 11 is 5.96.